The molecular formula is C16H16ClN3O3S. The smallest absolute Gasteiger partial charge is 0.318 e. The molecule has 126 valence electrons. The van der Waals surface area contributed by atoms with Crippen LogP contribution in [0.2, 0.25) is 4.34 Å². The summed E-state index contributed by atoms with van der Waals surface area (Å²) in [6.07, 6.45) is 0.181. The number of hydrogen-bond donors (Lipinski definition) is 3. The molecule has 0 aliphatic rings. The Labute approximate surface area is 148 Å². The number of thiophene rings is 1. The van der Waals surface area contributed by atoms with E-state index in [1.807, 2.05) is 0 Å². The molecule has 2 aromatic rings. The van der Waals surface area contributed by atoms with Gasteiger partial charge in [0.25, 0.3) is 0 Å². The fraction of sp³-hybridized carbons (Fsp3) is 0.188. The predicted octanol–water partition coefficient (Wildman–Crippen LogP) is 3.75. The molecule has 0 radical (unpaired) electrons. The summed E-state index contributed by atoms with van der Waals surface area (Å²) >= 11 is 6.99. The highest BCUT2D eigenvalue weighted by atomic mass is 35.5. The molecule has 0 atom stereocenters. The molecule has 0 spiro atoms. The van der Waals surface area contributed by atoms with Crippen molar-refractivity contribution >= 4 is 52.0 Å². The number of carbonyl (C=O) groups excluding carboxylic acids is 3. The number of nitrogens with one attached hydrogen (secondary N) is 3. The van der Waals surface area contributed by atoms with Crippen molar-refractivity contribution in [1.82, 2.24) is 5.32 Å². The number of rotatable bonds is 6. The quantitative estimate of drug-likeness (QED) is 0.681. The van der Waals surface area contributed by atoms with Crippen LogP contribution in [0.1, 0.15) is 22.5 Å². The maximum Gasteiger partial charge on any atom is 0.318 e. The summed E-state index contributed by atoms with van der Waals surface area (Å²) in [4.78, 5) is 35.7. The lowest BCUT2D eigenvalue weighted by atomic mass is 10.2. The van der Waals surface area contributed by atoms with Crippen LogP contribution in [0.25, 0.3) is 0 Å². The minimum atomic E-state index is -0.348. The molecule has 1 aromatic heterocycles. The van der Waals surface area contributed by atoms with Gasteiger partial charge in [-0.15, -0.1) is 11.3 Å². The van der Waals surface area contributed by atoms with E-state index in [4.69, 9.17) is 11.6 Å². The van der Waals surface area contributed by atoms with Crippen molar-refractivity contribution in [3.63, 3.8) is 0 Å². The first-order valence-electron chi connectivity index (χ1n) is 7.15. The third-order valence-electron chi connectivity index (χ3n) is 3.06. The zero-order valence-electron chi connectivity index (χ0n) is 12.9. The highest BCUT2D eigenvalue weighted by Gasteiger charge is 2.12. The number of Topliss-reactive ketones (excluding diaryl/α,β-unsaturated/α-hetero) is 1. The third kappa shape index (κ3) is 5.36. The van der Waals surface area contributed by atoms with E-state index in [-0.39, 0.29) is 30.6 Å². The Balaban J connectivity index is 1.87. The summed E-state index contributed by atoms with van der Waals surface area (Å²) in [5, 5.41) is 7.75. The second kappa shape index (κ2) is 8.47. The van der Waals surface area contributed by atoms with E-state index in [2.05, 4.69) is 16.0 Å². The monoisotopic (exact) mass is 365 g/mol. The van der Waals surface area contributed by atoms with Crippen LogP contribution in [0.4, 0.5) is 16.2 Å². The topological polar surface area (TPSA) is 87.3 Å². The summed E-state index contributed by atoms with van der Waals surface area (Å²) in [5.41, 5.74) is 1.09. The van der Waals surface area contributed by atoms with Gasteiger partial charge in [0.2, 0.25) is 5.91 Å². The van der Waals surface area contributed by atoms with Crippen molar-refractivity contribution in [3.05, 3.63) is 45.6 Å². The highest BCUT2D eigenvalue weighted by Crippen LogP contribution is 2.23. The van der Waals surface area contributed by atoms with E-state index in [1.165, 1.54) is 18.4 Å². The predicted molar refractivity (Wildman–Crippen MR) is 96.0 cm³/mol. The number of carbonyl (C=O) groups is 3. The molecule has 6 nitrogen and oxygen atoms in total. The molecule has 24 heavy (non-hydrogen) atoms. The number of amides is 3. The number of urea groups is 1. The fourth-order valence-electron chi connectivity index (χ4n) is 1.91. The first kappa shape index (κ1) is 18.0. The summed E-state index contributed by atoms with van der Waals surface area (Å²) in [6.45, 7) is 0. The van der Waals surface area contributed by atoms with Crippen LogP contribution >= 0.6 is 22.9 Å². The van der Waals surface area contributed by atoms with Gasteiger partial charge in [0, 0.05) is 31.3 Å². The highest BCUT2D eigenvalue weighted by molar-refractivity contribution is 7.18. The second-order valence-electron chi connectivity index (χ2n) is 4.86. The first-order valence-corrected chi connectivity index (χ1v) is 8.34. The molecule has 0 bridgehead atoms. The van der Waals surface area contributed by atoms with Crippen molar-refractivity contribution in [3.8, 4) is 0 Å². The van der Waals surface area contributed by atoms with Crippen LogP contribution in [0.15, 0.2) is 36.4 Å². The zero-order chi connectivity index (χ0) is 17.5. The summed E-state index contributed by atoms with van der Waals surface area (Å²) < 4.78 is 0.545. The Hall–Kier alpha value is -2.38. The van der Waals surface area contributed by atoms with Gasteiger partial charge in [-0.25, -0.2) is 4.79 Å². The van der Waals surface area contributed by atoms with Crippen LogP contribution in [-0.4, -0.2) is 24.8 Å². The number of anilines is 2. The zero-order valence-corrected chi connectivity index (χ0v) is 14.5. The van der Waals surface area contributed by atoms with Crippen LogP contribution in [0, 0.1) is 0 Å². The molecule has 3 amide bonds. The largest absolute Gasteiger partial charge is 0.341 e. The van der Waals surface area contributed by atoms with E-state index >= 15 is 0 Å². The average Bonchev–Trinajstić information content (AvgIpc) is 2.99. The van der Waals surface area contributed by atoms with Crippen molar-refractivity contribution in [2.75, 3.05) is 17.7 Å². The molecule has 3 N–H and O–H groups in total. The minimum Gasteiger partial charge on any atom is -0.341 e. The van der Waals surface area contributed by atoms with Crippen molar-refractivity contribution in [2.45, 2.75) is 12.8 Å². The van der Waals surface area contributed by atoms with E-state index < -0.39 is 0 Å². The third-order valence-corrected chi connectivity index (χ3v) is 4.33. The number of halogens is 1. The van der Waals surface area contributed by atoms with Crippen molar-refractivity contribution in [1.29, 1.82) is 0 Å². The summed E-state index contributed by atoms with van der Waals surface area (Å²) in [6, 6.07) is 9.71. The maximum absolute atomic E-state index is 12.0. The number of hydrogen-bond acceptors (Lipinski definition) is 4. The normalized spacial score (nSPS) is 10.1. The molecule has 0 saturated heterocycles. The Morgan fingerprint density at radius 2 is 1.75 bits per heavy atom. The van der Waals surface area contributed by atoms with Gasteiger partial charge in [-0.3, -0.25) is 9.59 Å². The molecule has 2 rings (SSSR count). The van der Waals surface area contributed by atoms with Gasteiger partial charge in [-0.1, -0.05) is 17.7 Å². The Morgan fingerprint density at radius 1 is 1.04 bits per heavy atom. The van der Waals surface area contributed by atoms with Gasteiger partial charge < -0.3 is 16.0 Å². The summed E-state index contributed by atoms with van der Waals surface area (Å²) in [7, 11) is 1.51. The van der Waals surface area contributed by atoms with Crippen LogP contribution in [0.3, 0.4) is 0 Å². The summed E-state index contributed by atoms with van der Waals surface area (Å²) in [5.74, 6) is -0.389. The molecule has 1 heterocycles. The number of benzene rings is 1. The molecular weight excluding hydrogens is 350 g/mol. The van der Waals surface area contributed by atoms with E-state index in [9.17, 15) is 14.4 Å². The molecule has 8 heteroatoms. The van der Waals surface area contributed by atoms with Gasteiger partial charge in [-0.05, 0) is 30.3 Å². The van der Waals surface area contributed by atoms with Gasteiger partial charge >= 0.3 is 6.03 Å². The Morgan fingerprint density at radius 3 is 2.38 bits per heavy atom. The van der Waals surface area contributed by atoms with Crippen molar-refractivity contribution in [2.24, 2.45) is 0 Å². The minimum absolute atomic E-state index is 0.0709. The van der Waals surface area contributed by atoms with E-state index in [1.54, 1.807) is 36.4 Å². The molecule has 0 aliphatic heterocycles. The lowest BCUT2D eigenvalue weighted by Gasteiger charge is -2.08. The fourth-order valence-corrected chi connectivity index (χ4v) is 2.92. The van der Waals surface area contributed by atoms with Gasteiger partial charge in [0.15, 0.2) is 5.78 Å². The standard InChI is InChI=1S/C16H16ClN3O3S/c1-18-16(23)20-11-4-2-3-10(9-11)19-15(22)8-5-12(21)13-6-7-14(17)24-13/h2-4,6-7,9H,5,8H2,1H3,(H,19,22)(H2,18,20,23). The van der Waals surface area contributed by atoms with Crippen molar-refractivity contribution < 1.29 is 14.4 Å². The molecule has 0 unspecified atom stereocenters. The lowest BCUT2D eigenvalue weighted by Crippen LogP contribution is -2.24. The molecule has 0 fully saturated rings. The van der Waals surface area contributed by atoms with Crippen LogP contribution in [0.5, 0.6) is 0 Å². The van der Waals surface area contributed by atoms with Crippen LogP contribution in [-0.2, 0) is 4.79 Å². The van der Waals surface area contributed by atoms with Gasteiger partial charge in [0.05, 0.1) is 9.21 Å². The second-order valence-corrected chi connectivity index (χ2v) is 6.58. The molecule has 0 saturated carbocycles. The lowest BCUT2D eigenvalue weighted by molar-refractivity contribution is -0.116. The Kier molecular flexibility index (Phi) is 6.34. The molecule has 0 aliphatic carbocycles. The average molecular weight is 366 g/mol. The van der Waals surface area contributed by atoms with E-state index in [0.717, 1.165) is 0 Å². The van der Waals surface area contributed by atoms with Gasteiger partial charge in [-0.2, -0.15) is 0 Å². The SMILES string of the molecule is CNC(=O)Nc1cccc(NC(=O)CCC(=O)c2ccc(Cl)s2)c1. The van der Waals surface area contributed by atoms with E-state index in [0.29, 0.717) is 20.6 Å². The first-order chi connectivity index (χ1) is 11.5. The van der Waals surface area contributed by atoms with Gasteiger partial charge in [0.1, 0.15) is 0 Å². The number of ketones is 1. The maximum atomic E-state index is 12.0. The Bertz CT molecular complexity index is 761. The molecule has 1 aromatic carbocycles. The van der Waals surface area contributed by atoms with Crippen LogP contribution < -0.4 is 16.0 Å².